The summed E-state index contributed by atoms with van der Waals surface area (Å²) < 4.78 is 11.7. The summed E-state index contributed by atoms with van der Waals surface area (Å²) >= 11 is 0. The molecule has 4 aliphatic rings. The second-order valence-corrected chi connectivity index (χ2v) is 8.65. The molecule has 1 aromatic carbocycles. The molecule has 0 unspecified atom stereocenters. The van der Waals surface area contributed by atoms with Crippen LogP contribution in [0.5, 0.6) is 11.5 Å². The number of terminal acetylenes is 1. The molecule has 2 amide bonds. The number of hydrogen-bond donors (Lipinski definition) is 2. The van der Waals surface area contributed by atoms with Gasteiger partial charge in [-0.15, -0.1) is 6.42 Å². The van der Waals surface area contributed by atoms with Crippen LogP contribution < -0.4 is 20.1 Å². The lowest BCUT2D eigenvalue weighted by Crippen LogP contribution is -2.67. The number of ether oxygens (including phenoxy) is 2. The van der Waals surface area contributed by atoms with Crippen LogP contribution in [0.15, 0.2) is 18.2 Å². The molecule has 28 heavy (non-hydrogen) atoms. The average Bonchev–Trinajstić information content (AvgIpc) is 2.67. The molecule has 1 aromatic rings. The smallest absolute Gasteiger partial charge is 0.258 e. The summed E-state index contributed by atoms with van der Waals surface area (Å²) in [5, 5.41) is 6.08. The maximum Gasteiger partial charge on any atom is 0.258 e. The largest absolute Gasteiger partial charge is 0.497 e. The van der Waals surface area contributed by atoms with E-state index < -0.39 is 11.3 Å². The highest BCUT2D eigenvalue weighted by Gasteiger charge is 2.57. The molecule has 6 nitrogen and oxygen atoms in total. The summed E-state index contributed by atoms with van der Waals surface area (Å²) in [5.74, 6) is 3.79. The van der Waals surface area contributed by atoms with Crippen molar-refractivity contribution in [3.05, 3.63) is 23.8 Å². The van der Waals surface area contributed by atoms with Crippen molar-refractivity contribution in [2.45, 2.75) is 50.8 Å². The number of hydrogen-bond acceptors (Lipinski definition) is 4. The minimum Gasteiger partial charge on any atom is -0.497 e. The molecular weight excluding hydrogens is 356 g/mol. The number of carbonyl (C=O) groups is 2. The van der Waals surface area contributed by atoms with Crippen molar-refractivity contribution < 1.29 is 19.1 Å². The van der Waals surface area contributed by atoms with E-state index in [0.29, 0.717) is 29.9 Å². The Morgan fingerprint density at radius 1 is 1.43 bits per heavy atom. The molecule has 0 saturated heterocycles. The predicted molar refractivity (Wildman–Crippen MR) is 104 cm³/mol. The first-order valence-corrected chi connectivity index (χ1v) is 9.76. The Morgan fingerprint density at radius 3 is 2.86 bits per heavy atom. The number of nitrogens with one attached hydrogen (secondary N) is 2. The zero-order valence-corrected chi connectivity index (χ0v) is 16.5. The van der Waals surface area contributed by atoms with Gasteiger partial charge in [0.15, 0.2) is 5.72 Å². The van der Waals surface area contributed by atoms with Crippen molar-refractivity contribution in [2.24, 2.45) is 17.8 Å². The average molecular weight is 382 g/mol. The number of amides is 2. The Kier molecular flexibility index (Phi) is 4.29. The van der Waals surface area contributed by atoms with E-state index in [4.69, 9.17) is 15.9 Å². The summed E-state index contributed by atoms with van der Waals surface area (Å²) in [4.78, 5) is 25.6. The number of fused-ring (bicyclic) bond motifs is 3. The van der Waals surface area contributed by atoms with Crippen LogP contribution in [0.4, 0.5) is 0 Å². The second-order valence-electron chi connectivity index (χ2n) is 8.65. The highest BCUT2D eigenvalue weighted by atomic mass is 16.5. The number of methoxy groups -OCH3 is 1. The Bertz CT molecular complexity index is 872. The van der Waals surface area contributed by atoms with Crippen LogP contribution in [-0.4, -0.2) is 30.2 Å². The molecule has 5 rings (SSSR count). The maximum absolute atomic E-state index is 12.8. The summed E-state index contributed by atoms with van der Waals surface area (Å²) in [7, 11) is 1.59. The molecule has 148 valence electrons. The molecule has 4 atom stereocenters. The van der Waals surface area contributed by atoms with Gasteiger partial charge in [-0.1, -0.05) is 5.92 Å². The van der Waals surface area contributed by atoms with Crippen molar-refractivity contribution in [1.82, 2.24) is 10.6 Å². The molecule has 0 radical (unpaired) electrons. The first-order valence-electron chi connectivity index (χ1n) is 9.76. The molecule has 2 bridgehead atoms. The van der Waals surface area contributed by atoms with E-state index in [9.17, 15) is 9.59 Å². The molecule has 2 N–H and O–H groups in total. The van der Waals surface area contributed by atoms with Gasteiger partial charge in [0.05, 0.1) is 18.2 Å². The molecule has 3 fully saturated rings. The van der Waals surface area contributed by atoms with Crippen molar-refractivity contribution >= 4 is 11.8 Å². The topological polar surface area (TPSA) is 76.7 Å². The Hall–Kier alpha value is -2.68. The van der Waals surface area contributed by atoms with Gasteiger partial charge >= 0.3 is 0 Å². The molecular formula is C22H26N2O4. The Labute approximate surface area is 165 Å². The van der Waals surface area contributed by atoms with Gasteiger partial charge in [0.1, 0.15) is 11.5 Å². The summed E-state index contributed by atoms with van der Waals surface area (Å²) in [6, 6.07) is 5.23. The normalized spacial score (nSPS) is 30.6. The predicted octanol–water partition coefficient (Wildman–Crippen LogP) is 2.48. The standard InChI is InChI=1S/C22H26N2O4/c1-5-21(2,3)23-20(26)17-10-14-7-6-13(17)12-22(14)24-19(25)16-9-8-15(27-4)11-18(16)28-22/h1,8-9,11,13-14,17H,6-7,10,12H2,2-4H3,(H,23,26)(H,24,25)/t13-,14+,17+,22+/m0/s1. The van der Waals surface area contributed by atoms with Crippen LogP contribution in [0.2, 0.25) is 0 Å². The number of carbonyl (C=O) groups excluding carboxylic acids is 2. The van der Waals surface area contributed by atoms with E-state index >= 15 is 0 Å². The van der Waals surface area contributed by atoms with E-state index in [2.05, 4.69) is 16.6 Å². The molecule has 1 spiro atoms. The number of benzene rings is 1. The van der Waals surface area contributed by atoms with Gasteiger partial charge < -0.3 is 20.1 Å². The van der Waals surface area contributed by atoms with Crippen LogP contribution in [-0.2, 0) is 4.79 Å². The first-order chi connectivity index (χ1) is 13.3. The van der Waals surface area contributed by atoms with Crippen LogP contribution in [0.1, 0.15) is 49.9 Å². The zero-order valence-electron chi connectivity index (χ0n) is 16.5. The third kappa shape index (κ3) is 2.99. The van der Waals surface area contributed by atoms with Gasteiger partial charge in [0, 0.05) is 24.3 Å². The van der Waals surface area contributed by atoms with Crippen LogP contribution in [0.25, 0.3) is 0 Å². The third-order valence-corrected chi connectivity index (χ3v) is 6.40. The summed E-state index contributed by atoms with van der Waals surface area (Å²) in [6.07, 6.45) is 8.68. The first kappa shape index (κ1) is 18.7. The fraction of sp³-hybridized carbons (Fsp3) is 0.545. The summed E-state index contributed by atoms with van der Waals surface area (Å²) in [5.41, 5.74) is -0.910. The summed E-state index contributed by atoms with van der Waals surface area (Å²) in [6.45, 7) is 3.64. The SMILES string of the molecule is C#CC(C)(C)NC(=O)[C@@H]1C[C@H]2CC[C@H]1C[C@]21NC(=O)c2ccc(OC)cc2O1. The van der Waals surface area contributed by atoms with Crippen LogP contribution in [0.3, 0.4) is 0 Å². The van der Waals surface area contributed by atoms with Crippen molar-refractivity contribution in [2.75, 3.05) is 7.11 Å². The fourth-order valence-corrected chi connectivity index (χ4v) is 4.88. The number of rotatable bonds is 3. The molecule has 0 aromatic heterocycles. The van der Waals surface area contributed by atoms with Crippen LogP contribution in [0, 0.1) is 30.1 Å². The van der Waals surface area contributed by atoms with Crippen molar-refractivity contribution in [3.8, 4) is 23.8 Å². The van der Waals surface area contributed by atoms with E-state index in [1.54, 1.807) is 25.3 Å². The minimum atomic E-state index is -0.752. The Morgan fingerprint density at radius 2 is 2.21 bits per heavy atom. The van der Waals surface area contributed by atoms with E-state index in [0.717, 1.165) is 12.8 Å². The molecule has 1 heterocycles. The molecule has 6 heteroatoms. The van der Waals surface area contributed by atoms with Gasteiger partial charge in [0.25, 0.3) is 5.91 Å². The van der Waals surface area contributed by atoms with Gasteiger partial charge in [0.2, 0.25) is 5.91 Å². The Balaban J connectivity index is 1.57. The van der Waals surface area contributed by atoms with Crippen molar-refractivity contribution in [1.29, 1.82) is 0 Å². The second kappa shape index (κ2) is 6.44. The lowest BCUT2D eigenvalue weighted by atomic mass is 9.59. The van der Waals surface area contributed by atoms with E-state index in [1.807, 2.05) is 13.8 Å². The minimum absolute atomic E-state index is 0.00305. The van der Waals surface area contributed by atoms with Gasteiger partial charge in [-0.25, -0.2) is 0 Å². The van der Waals surface area contributed by atoms with Crippen molar-refractivity contribution in [3.63, 3.8) is 0 Å². The van der Waals surface area contributed by atoms with Crippen LogP contribution >= 0.6 is 0 Å². The monoisotopic (exact) mass is 382 g/mol. The fourth-order valence-electron chi connectivity index (χ4n) is 4.88. The molecule has 1 aliphatic heterocycles. The quantitative estimate of drug-likeness (QED) is 0.788. The van der Waals surface area contributed by atoms with E-state index in [-0.39, 0.29) is 29.6 Å². The third-order valence-electron chi connectivity index (χ3n) is 6.40. The highest BCUT2D eigenvalue weighted by Crippen LogP contribution is 2.52. The molecule has 3 aliphatic carbocycles. The zero-order chi connectivity index (χ0) is 20.1. The maximum atomic E-state index is 12.8. The van der Waals surface area contributed by atoms with E-state index in [1.165, 1.54) is 0 Å². The highest BCUT2D eigenvalue weighted by molar-refractivity contribution is 5.98. The van der Waals surface area contributed by atoms with Gasteiger partial charge in [-0.05, 0) is 51.2 Å². The lowest BCUT2D eigenvalue weighted by molar-refractivity contribution is -0.147. The lowest BCUT2D eigenvalue weighted by Gasteiger charge is -2.55. The molecule has 3 saturated carbocycles. The van der Waals surface area contributed by atoms with Gasteiger partial charge in [-0.3, -0.25) is 9.59 Å². The van der Waals surface area contributed by atoms with Gasteiger partial charge in [-0.2, -0.15) is 0 Å².